The van der Waals surface area contributed by atoms with Crippen LogP contribution in [-0.4, -0.2) is 62.8 Å². The van der Waals surface area contributed by atoms with E-state index in [2.05, 4.69) is 30.6 Å². The molecule has 0 aromatic carbocycles. The molecule has 1 fully saturated rings. The van der Waals surface area contributed by atoms with Crippen molar-refractivity contribution in [3.8, 4) is 5.95 Å². The number of carbonyl (C=O) groups is 1. The summed E-state index contributed by atoms with van der Waals surface area (Å²) in [5.74, 6) is 0.257. The highest BCUT2D eigenvalue weighted by molar-refractivity contribution is 6.03. The molecule has 1 saturated carbocycles. The van der Waals surface area contributed by atoms with Gasteiger partial charge in [-0.25, -0.2) is 15.0 Å². The standard InChI is InChI=1S/C19H25N7O2/c1-28-11-9-21-13-2-4-14(5-3-13)23-18(27)17-16-15(6-7-22-16)24-19(25-17)26-10-8-20-12-26/h6-8,10,12-14,21-22H,2-5,9,11H2,1H3,(H,23,27)/t13-,14-. The van der Waals surface area contributed by atoms with Gasteiger partial charge >= 0.3 is 0 Å². The van der Waals surface area contributed by atoms with Gasteiger partial charge in [0.25, 0.3) is 5.91 Å². The van der Waals surface area contributed by atoms with Gasteiger partial charge in [-0.2, -0.15) is 0 Å². The molecule has 0 radical (unpaired) electrons. The van der Waals surface area contributed by atoms with Crippen molar-refractivity contribution in [3.05, 3.63) is 36.7 Å². The summed E-state index contributed by atoms with van der Waals surface area (Å²) in [5, 5.41) is 6.65. The summed E-state index contributed by atoms with van der Waals surface area (Å²) >= 11 is 0. The number of fused-ring (bicyclic) bond motifs is 1. The summed E-state index contributed by atoms with van der Waals surface area (Å²) in [6, 6.07) is 2.49. The average Bonchev–Trinajstić information content (AvgIpc) is 3.40. The molecule has 0 aliphatic heterocycles. The molecule has 28 heavy (non-hydrogen) atoms. The maximum absolute atomic E-state index is 13.0. The van der Waals surface area contributed by atoms with Crippen molar-refractivity contribution in [1.29, 1.82) is 0 Å². The lowest BCUT2D eigenvalue weighted by Crippen LogP contribution is -2.43. The summed E-state index contributed by atoms with van der Waals surface area (Å²) in [4.78, 5) is 29.1. The Kier molecular flexibility index (Phi) is 5.63. The lowest BCUT2D eigenvalue weighted by molar-refractivity contribution is 0.0920. The zero-order chi connectivity index (χ0) is 19.3. The number of carbonyl (C=O) groups excluding carboxylic acids is 1. The smallest absolute Gasteiger partial charge is 0.272 e. The van der Waals surface area contributed by atoms with E-state index < -0.39 is 0 Å². The largest absolute Gasteiger partial charge is 0.383 e. The molecule has 0 saturated heterocycles. The Morgan fingerprint density at radius 3 is 2.86 bits per heavy atom. The van der Waals surface area contributed by atoms with E-state index in [9.17, 15) is 4.79 Å². The van der Waals surface area contributed by atoms with E-state index in [1.54, 1.807) is 36.6 Å². The minimum absolute atomic E-state index is 0.157. The number of ether oxygens (including phenoxy) is 1. The Hall–Kier alpha value is -2.78. The number of amides is 1. The van der Waals surface area contributed by atoms with Gasteiger partial charge in [-0.15, -0.1) is 0 Å². The molecule has 9 nitrogen and oxygen atoms in total. The number of aromatic amines is 1. The fourth-order valence-corrected chi connectivity index (χ4v) is 3.65. The average molecular weight is 383 g/mol. The number of hydrogen-bond acceptors (Lipinski definition) is 6. The second-order valence-corrected chi connectivity index (χ2v) is 7.05. The summed E-state index contributed by atoms with van der Waals surface area (Å²) in [7, 11) is 1.71. The molecule has 0 unspecified atom stereocenters. The molecule has 3 N–H and O–H groups in total. The van der Waals surface area contributed by atoms with Gasteiger partial charge in [0.15, 0.2) is 5.69 Å². The number of nitrogens with one attached hydrogen (secondary N) is 3. The van der Waals surface area contributed by atoms with Crippen molar-refractivity contribution >= 4 is 16.9 Å². The normalized spacial score (nSPS) is 19.8. The van der Waals surface area contributed by atoms with Crippen LogP contribution in [0, 0.1) is 0 Å². The molecular formula is C19H25N7O2. The van der Waals surface area contributed by atoms with Crippen molar-refractivity contribution in [2.45, 2.75) is 37.8 Å². The Morgan fingerprint density at radius 1 is 1.29 bits per heavy atom. The number of aromatic nitrogens is 5. The van der Waals surface area contributed by atoms with Gasteiger partial charge in [0.2, 0.25) is 5.95 Å². The van der Waals surface area contributed by atoms with Crippen LogP contribution in [0.3, 0.4) is 0 Å². The highest BCUT2D eigenvalue weighted by Crippen LogP contribution is 2.20. The molecule has 0 atom stereocenters. The van der Waals surface area contributed by atoms with Gasteiger partial charge < -0.3 is 20.4 Å². The quantitative estimate of drug-likeness (QED) is 0.532. The molecule has 3 aromatic heterocycles. The Balaban J connectivity index is 1.44. The van der Waals surface area contributed by atoms with Crippen LogP contribution in [0.4, 0.5) is 0 Å². The molecule has 1 amide bonds. The number of H-pyrrole nitrogens is 1. The highest BCUT2D eigenvalue weighted by Gasteiger charge is 2.24. The lowest BCUT2D eigenvalue weighted by Gasteiger charge is -2.29. The molecule has 3 heterocycles. The van der Waals surface area contributed by atoms with Gasteiger partial charge in [-0.3, -0.25) is 9.36 Å². The summed E-state index contributed by atoms with van der Waals surface area (Å²) in [6.07, 6.45) is 10.8. The van der Waals surface area contributed by atoms with Crippen molar-refractivity contribution in [3.63, 3.8) is 0 Å². The SMILES string of the molecule is COCCN[C@H]1CC[C@H](NC(=O)c2nc(-n3ccnc3)nc3cc[nH]c23)CC1. The molecular weight excluding hydrogens is 358 g/mol. The van der Waals surface area contributed by atoms with Crippen LogP contribution in [0.5, 0.6) is 0 Å². The van der Waals surface area contributed by atoms with Crippen LogP contribution in [0.15, 0.2) is 31.0 Å². The van der Waals surface area contributed by atoms with Crippen molar-refractivity contribution in [1.82, 2.24) is 35.1 Å². The minimum Gasteiger partial charge on any atom is -0.383 e. The molecule has 0 spiro atoms. The lowest BCUT2D eigenvalue weighted by atomic mass is 9.91. The predicted molar refractivity (Wildman–Crippen MR) is 104 cm³/mol. The third kappa shape index (κ3) is 4.05. The molecule has 1 aliphatic rings. The molecule has 9 heteroatoms. The number of imidazole rings is 1. The Bertz CT molecular complexity index is 914. The van der Waals surface area contributed by atoms with Crippen LogP contribution < -0.4 is 10.6 Å². The third-order valence-corrected chi connectivity index (χ3v) is 5.15. The van der Waals surface area contributed by atoms with Crippen LogP contribution in [-0.2, 0) is 4.74 Å². The van der Waals surface area contributed by atoms with Gasteiger partial charge in [-0.1, -0.05) is 0 Å². The van der Waals surface area contributed by atoms with Gasteiger partial charge in [0.05, 0.1) is 17.6 Å². The van der Waals surface area contributed by atoms with E-state index in [-0.39, 0.29) is 11.9 Å². The zero-order valence-electron chi connectivity index (χ0n) is 15.9. The van der Waals surface area contributed by atoms with E-state index in [0.717, 1.165) is 38.8 Å². The first-order valence-electron chi connectivity index (χ1n) is 9.61. The van der Waals surface area contributed by atoms with Gasteiger partial charge in [0.1, 0.15) is 6.33 Å². The number of methoxy groups -OCH3 is 1. The molecule has 0 bridgehead atoms. The Labute approximate surface area is 162 Å². The third-order valence-electron chi connectivity index (χ3n) is 5.15. The first-order chi connectivity index (χ1) is 13.7. The molecule has 148 valence electrons. The highest BCUT2D eigenvalue weighted by atomic mass is 16.5. The zero-order valence-corrected chi connectivity index (χ0v) is 15.9. The van der Waals surface area contributed by atoms with Crippen LogP contribution >= 0.6 is 0 Å². The van der Waals surface area contributed by atoms with Crippen molar-refractivity contribution < 1.29 is 9.53 Å². The number of hydrogen-bond donors (Lipinski definition) is 3. The van der Waals surface area contributed by atoms with E-state index >= 15 is 0 Å². The van der Waals surface area contributed by atoms with Gasteiger partial charge in [0, 0.05) is 44.3 Å². The monoisotopic (exact) mass is 383 g/mol. The number of rotatable bonds is 7. The minimum atomic E-state index is -0.174. The summed E-state index contributed by atoms with van der Waals surface area (Å²) < 4.78 is 6.77. The van der Waals surface area contributed by atoms with E-state index in [1.165, 1.54) is 0 Å². The summed E-state index contributed by atoms with van der Waals surface area (Å²) in [5.41, 5.74) is 1.71. The molecule has 4 rings (SSSR count). The first-order valence-corrected chi connectivity index (χ1v) is 9.61. The topological polar surface area (TPSA) is 110 Å². The second-order valence-electron chi connectivity index (χ2n) is 7.05. The fourth-order valence-electron chi connectivity index (χ4n) is 3.65. The van der Waals surface area contributed by atoms with Crippen LogP contribution in [0.2, 0.25) is 0 Å². The maximum Gasteiger partial charge on any atom is 0.272 e. The van der Waals surface area contributed by atoms with E-state index in [0.29, 0.717) is 28.7 Å². The Morgan fingerprint density at radius 2 is 2.11 bits per heavy atom. The fraction of sp³-hybridized carbons (Fsp3) is 0.474. The van der Waals surface area contributed by atoms with Crippen molar-refractivity contribution in [2.24, 2.45) is 0 Å². The summed E-state index contributed by atoms with van der Waals surface area (Å²) in [6.45, 7) is 1.58. The molecule has 1 aliphatic carbocycles. The second kappa shape index (κ2) is 8.49. The number of nitrogens with zero attached hydrogens (tertiary/aromatic N) is 4. The van der Waals surface area contributed by atoms with E-state index in [4.69, 9.17) is 4.74 Å². The molecule has 3 aromatic rings. The van der Waals surface area contributed by atoms with E-state index in [1.807, 2.05) is 6.07 Å². The maximum atomic E-state index is 13.0. The predicted octanol–water partition coefficient (Wildman–Crippen LogP) is 1.42. The van der Waals surface area contributed by atoms with Gasteiger partial charge in [-0.05, 0) is 31.7 Å². The first kappa shape index (κ1) is 18.6. The van der Waals surface area contributed by atoms with Crippen LogP contribution in [0.1, 0.15) is 36.2 Å². The van der Waals surface area contributed by atoms with Crippen molar-refractivity contribution in [2.75, 3.05) is 20.3 Å². The van der Waals surface area contributed by atoms with Crippen LogP contribution in [0.25, 0.3) is 17.0 Å².